The summed E-state index contributed by atoms with van der Waals surface area (Å²) < 4.78 is 9.76. The van der Waals surface area contributed by atoms with Gasteiger partial charge in [0.05, 0.1) is 11.4 Å². The van der Waals surface area contributed by atoms with Gasteiger partial charge >= 0.3 is 6.03 Å². The van der Waals surface area contributed by atoms with Crippen molar-refractivity contribution in [1.29, 1.82) is 0 Å². The van der Waals surface area contributed by atoms with Crippen LogP contribution in [0.4, 0.5) is 10.6 Å². The topological polar surface area (TPSA) is 116 Å². The molecule has 10 heteroatoms. The van der Waals surface area contributed by atoms with Gasteiger partial charge in [0.2, 0.25) is 0 Å². The normalized spacial score (nSPS) is 19.5. The van der Waals surface area contributed by atoms with E-state index < -0.39 is 0 Å². The SMILES string of the molecule is CCNC(=O)N1CCC2(CCn3nc(-c4cnc(N)c(OCc5ccnn5C)c4)cc32)C1. The Morgan fingerprint density at radius 1 is 1.31 bits per heavy atom. The number of carbonyl (C=O) groups is 1. The third-order valence-corrected chi connectivity index (χ3v) is 6.57. The smallest absolute Gasteiger partial charge is 0.317 e. The molecule has 3 N–H and O–H groups in total. The number of nitrogen functional groups attached to an aromatic ring is 1. The highest BCUT2D eigenvalue weighted by molar-refractivity contribution is 5.75. The number of rotatable bonds is 5. The zero-order chi connectivity index (χ0) is 22.3. The summed E-state index contributed by atoms with van der Waals surface area (Å²) in [6.07, 6.45) is 5.42. The first-order chi connectivity index (χ1) is 15.5. The van der Waals surface area contributed by atoms with Crippen molar-refractivity contribution in [1.82, 2.24) is 34.8 Å². The lowest BCUT2D eigenvalue weighted by molar-refractivity contribution is 0.206. The fraction of sp³-hybridized carbons (Fsp3) is 0.455. The highest BCUT2D eigenvalue weighted by Crippen LogP contribution is 2.44. The number of likely N-dealkylation sites (tertiary alicyclic amines) is 1. The maximum absolute atomic E-state index is 12.3. The van der Waals surface area contributed by atoms with Gasteiger partial charge < -0.3 is 20.7 Å². The van der Waals surface area contributed by atoms with E-state index in [2.05, 4.69) is 26.1 Å². The van der Waals surface area contributed by atoms with E-state index in [9.17, 15) is 4.79 Å². The number of nitrogens with one attached hydrogen (secondary N) is 1. The Morgan fingerprint density at radius 3 is 2.94 bits per heavy atom. The van der Waals surface area contributed by atoms with E-state index in [1.807, 2.05) is 31.0 Å². The zero-order valence-electron chi connectivity index (χ0n) is 18.4. The quantitative estimate of drug-likeness (QED) is 0.631. The third kappa shape index (κ3) is 3.45. The Kier molecular flexibility index (Phi) is 4.99. The fourth-order valence-electron chi connectivity index (χ4n) is 4.73. The minimum atomic E-state index is -0.0313. The summed E-state index contributed by atoms with van der Waals surface area (Å²) in [5, 5.41) is 11.9. The minimum Gasteiger partial charge on any atom is -0.483 e. The molecule has 0 aliphatic carbocycles. The van der Waals surface area contributed by atoms with Crippen LogP contribution in [0.15, 0.2) is 30.6 Å². The van der Waals surface area contributed by atoms with Gasteiger partial charge in [0.15, 0.2) is 11.6 Å². The van der Waals surface area contributed by atoms with E-state index >= 15 is 0 Å². The van der Waals surface area contributed by atoms with Gasteiger partial charge in [-0.25, -0.2) is 9.78 Å². The van der Waals surface area contributed by atoms with E-state index in [1.54, 1.807) is 17.1 Å². The average molecular weight is 437 g/mol. The van der Waals surface area contributed by atoms with Gasteiger partial charge in [-0.15, -0.1) is 0 Å². The van der Waals surface area contributed by atoms with Crippen molar-refractivity contribution < 1.29 is 9.53 Å². The molecule has 10 nitrogen and oxygen atoms in total. The molecule has 5 heterocycles. The number of aryl methyl sites for hydroxylation is 2. The van der Waals surface area contributed by atoms with Crippen LogP contribution in [0.5, 0.6) is 5.75 Å². The van der Waals surface area contributed by atoms with E-state index in [0.29, 0.717) is 24.7 Å². The molecule has 2 aliphatic rings. The first kappa shape index (κ1) is 20.3. The van der Waals surface area contributed by atoms with Crippen LogP contribution in [0.2, 0.25) is 0 Å². The van der Waals surface area contributed by atoms with E-state index in [-0.39, 0.29) is 11.4 Å². The number of amides is 2. The maximum atomic E-state index is 12.3. The Morgan fingerprint density at radius 2 is 2.16 bits per heavy atom. The summed E-state index contributed by atoms with van der Waals surface area (Å²) >= 11 is 0. The highest BCUT2D eigenvalue weighted by Gasteiger charge is 2.46. The minimum absolute atomic E-state index is 0.0144. The van der Waals surface area contributed by atoms with Crippen molar-refractivity contribution in [3.63, 3.8) is 0 Å². The molecule has 1 spiro atoms. The van der Waals surface area contributed by atoms with Gasteiger partial charge in [0.1, 0.15) is 6.61 Å². The number of urea groups is 1. The van der Waals surface area contributed by atoms with Gasteiger partial charge in [0.25, 0.3) is 0 Å². The summed E-state index contributed by atoms with van der Waals surface area (Å²) in [6.45, 7) is 5.27. The Balaban J connectivity index is 1.37. The van der Waals surface area contributed by atoms with Crippen LogP contribution in [0.25, 0.3) is 11.3 Å². The lowest BCUT2D eigenvalue weighted by atomic mass is 9.82. The molecular weight excluding hydrogens is 408 g/mol. The molecule has 1 atom stereocenters. The van der Waals surface area contributed by atoms with Gasteiger partial charge in [-0.3, -0.25) is 9.36 Å². The molecule has 1 fully saturated rings. The van der Waals surface area contributed by atoms with Crippen LogP contribution >= 0.6 is 0 Å². The van der Waals surface area contributed by atoms with Crippen molar-refractivity contribution >= 4 is 11.8 Å². The number of pyridine rings is 1. The predicted octanol–water partition coefficient (Wildman–Crippen LogP) is 1.92. The van der Waals surface area contributed by atoms with Crippen molar-refractivity contribution in [2.75, 3.05) is 25.4 Å². The second-order valence-corrected chi connectivity index (χ2v) is 8.52. The number of fused-ring (bicyclic) bond motifs is 2. The average Bonchev–Trinajstić information content (AvgIpc) is 3.55. The molecule has 2 amide bonds. The van der Waals surface area contributed by atoms with Gasteiger partial charge in [0, 0.05) is 62.3 Å². The standard InChI is InChI=1S/C22H28N8O2/c1-3-24-21(31)29-8-5-22(14-29)6-9-30-19(22)11-17(27-30)15-10-18(20(23)25-12-15)32-13-16-4-7-26-28(16)2/h4,7,10-12H,3,5-6,8-9,13-14H2,1-2H3,(H2,23,25)(H,24,31). The van der Waals surface area contributed by atoms with E-state index in [0.717, 1.165) is 49.4 Å². The number of aromatic nitrogens is 5. The number of nitrogens with zero attached hydrogens (tertiary/aromatic N) is 6. The first-order valence-electron chi connectivity index (χ1n) is 11.0. The molecule has 5 rings (SSSR count). The molecule has 32 heavy (non-hydrogen) atoms. The number of carbonyl (C=O) groups excluding carboxylic acids is 1. The molecule has 0 bridgehead atoms. The van der Waals surface area contributed by atoms with Crippen LogP contribution in [0.1, 0.15) is 31.2 Å². The molecule has 168 valence electrons. The zero-order valence-corrected chi connectivity index (χ0v) is 18.4. The highest BCUT2D eigenvalue weighted by atomic mass is 16.5. The summed E-state index contributed by atoms with van der Waals surface area (Å²) in [5.41, 5.74) is 9.85. The third-order valence-electron chi connectivity index (χ3n) is 6.57. The number of ether oxygens (including phenoxy) is 1. The Labute approximate surface area is 186 Å². The molecule has 1 saturated heterocycles. The molecule has 2 aliphatic heterocycles. The summed E-state index contributed by atoms with van der Waals surface area (Å²) in [7, 11) is 1.87. The summed E-state index contributed by atoms with van der Waals surface area (Å²) in [5.74, 6) is 0.863. The molecule has 1 unspecified atom stereocenters. The monoisotopic (exact) mass is 436 g/mol. The van der Waals surface area contributed by atoms with Crippen LogP contribution < -0.4 is 15.8 Å². The second-order valence-electron chi connectivity index (χ2n) is 8.52. The Bertz CT molecular complexity index is 1150. The van der Waals surface area contributed by atoms with Crippen molar-refractivity contribution in [3.05, 3.63) is 42.0 Å². The van der Waals surface area contributed by atoms with Crippen molar-refractivity contribution in [2.24, 2.45) is 7.05 Å². The number of hydrogen-bond donors (Lipinski definition) is 2. The molecule has 0 aromatic carbocycles. The van der Waals surface area contributed by atoms with Crippen LogP contribution in [-0.4, -0.2) is 55.1 Å². The maximum Gasteiger partial charge on any atom is 0.317 e. The second kappa shape index (κ2) is 7.85. The molecule has 3 aromatic rings. The Hall–Kier alpha value is -3.56. The largest absolute Gasteiger partial charge is 0.483 e. The lowest BCUT2D eigenvalue weighted by Gasteiger charge is -2.23. The van der Waals surface area contributed by atoms with Crippen LogP contribution in [0.3, 0.4) is 0 Å². The summed E-state index contributed by atoms with van der Waals surface area (Å²) in [6, 6.07) is 5.93. The molecule has 3 aromatic heterocycles. The van der Waals surface area contributed by atoms with Crippen LogP contribution in [-0.2, 0) is 25.6 Å². The fourth-order valence-corrected chi connectivity index (χ4v) is 4.73. The van der Waals surface area contributed by atoms with E-state index in [1.165, 1.54) is 5.69 Å². The van der Waals surface area contributed by atoms with Crippen molar-refractivity contribution in [3.8, 4) is 17.0 Å². The van der Waals surface area contributed by atoms with Gasteiger partial charge in [-0.05, 0) is 38.0 Å². The molecular formula is C22H28N8O2. The van der Waals surface area contributed by atoms with Gasteiger partial charge in [-0.2, -0.15) is 10.2 Å². The van der Waals surface area contributed by atoms with Crippen molar-refractivity contribution in [2.45, 2.75) is 38.3 Å². The first-order valence-corrected chi connectivity index (χ1v) is 11.0. The van der Waals surface area contributed by atoms with Crippen LogP contribution in [0, 0.1) is 0 Å². The van der Waals surface area contributed by atoms with Gasteiger partial charge in [-0.1, -0.05) is 0 Å². The number of anilines is 1. The predicted molar refractivity (Wildman–Crippen MR) is 119 cm³/mol. The number of hydrogen-bond acceptors (Lipinski definition) is 6. The van der Waals surface area contributed by atoms with E-state index in [4.69, 9.17) is 15.6 Å². The summed E-state index contributed by atoms with van der Waals surface area (Å²) in [4.78, 5) is 18.6. The number of nitrogens with two attached hydrogens (primary N) is 1. The lowest BCUT2D eigenvalue weighted by Crippen LogP contribution is -2.40. The molecule has 0 radical (unpaired) electrons. The molecule has 0 saturated carbocycles.